The van der Waals surface area contributed by atoms with Crippen LogP contribution in [0.25, 0.3) is 0 Å². The smallest absolute Gasteiger partial charge is 0.322 e. The van der Waals surface area contributed by atoms with Gasteiger partial charge in [0.15, 0.2) is 0 Å². The van der Waals surface area contributed by atoms with Gasteiger partial charge < -0.3 is 15.8 Å². The number of aromatic nitrogens is 2. The number of hydrogen-bond donors (Lipinski definition) is 2. The lowest BCUT2D eigenvalue weighted by Gasteiger charge is -2.08. The summed E-state index contributed by atoms with van der Waals surface area (Å²) in [6.07, 6.45) is 1.58. The molecule has 7 heteroatoms. The van der Waals surface area contributed by atoms with Crippen LogP contribution >= 0.6 is 12.4 Å². The van der Waals surface area contributed by atoms with E-state index in [1.165, 1.54) is 0 Å². The number of rotatable bonds is 5. The van der Waals surface area contributed by atoms with Crippen LogP contribution in [-0.4, -0.2) is 15.9 Å². The van der Waals surface area contributed by atoms with E-state index in [1.807, 2.05) is 30.3 Å². The molecule has 3 aromatic rings. The Kier molecular flexibility index (Phi) is 6.45. The van der Waals surface area contributed by atoms with Gasteiger partial charge in [-0.3, -0.25) is 4.79 Å². The van der Waals surface area contributed by atoms with Crippen molar-refractivity contribution >= 4 is 24.0 Å². The van der Waals surface area contributed by atoms with Gasteiger partial charge in [-0.25, -0.2) is 4.98 Å². The predicted octanol–water partition coefficient (Wildman–Crippen LogP) is 3.40. The maximum atomic E-state index is 12.3. The second kappa shape index (κ2) is 8.77. The fraction of sp³-hybridized carbons (Fsp3) is 0.0556. The molecular formula is C18H17ClN4O2. The number of hydrogen-bond acceptors (Lipinski definition) is 5. The molecule has 0 spiro atoms. The van der Waals surface area contributed by atoms with Gasteiger partial charge in [-0.05, 0) is 36.4 Å². The zero-order valence-corrected chi connectivity index (χ0v) is 14.1. The minimum Gasteiger partial charge on any atom is -0.424 e. The van der Waals surface area contributed by atoms with E-state index in [9.17, 15) is 4.79 Å². The van der Waals surface area contributed by atoms with Crippen LogP contribution < -0.4 is 15.8 Å². The monoisotopic (exact) mass is 356 g/mol. The second-order valence-electron chi connectivity index (χ2n) is 4.98. The summed E-state index contributed by atoms with van der Waals surface area (Å²) >= 11 is 0. The van der Waals surface area contributed by atoms with Gasteiger partial charge in [0.05, 0.1) is 5.69 Å². The van der Waals surface area contributed by atoms with Crippen LogP contribution in [0.1, 0.15) is 16.1 Å². The summed E-state index contributed by atoms with van der Waals surface area (Å²) in [6, 6.07) is 18.0. The number of carbonyl (C=O) groups excluding carboxylic acids is 1. The Hall–Kier alpha value is -2.96. The van der Waals surface area contributed by atoms with Crippen molar-refractivity contribution in [1.82, 2.24) is 9.97 Å². The molecule has 0 unspecified atom stereocenters. The molecule has 0 aliphatic rings. The first-order valence-corrected chi connectivity index (χ1v) is 7.41. The number of ether oxygens (including phenoxy) is 1. The maximum absolute atomic E-state index is 12.3. The molecule has 0 aliphatic carbocycles. The number of nitrogens with two attached hydrogens (primary N) is 1. The van der Waals surface area contributed by atoms with E-state index in [1.54, 1.807) is 36.5 Å². The fourth-order valence-corrected chi connectivity index (χ4v) is 2.07. The van der Waals surface area contributed by atoms with Gasteiger partial charge in [0, 0.05) is 24.0 Å². The largest absolute Gasteiger partial charge is 0.424 e. The van der Waals surface area contributed by atoms with E-state index >= 15 is 0 Å². The fourth-order valence-electron chi connectivity index (χ4n) is 2.07. The predicted molar refractivity (Wildman–Crippen MR) is 98.1 cm³/mol. The number of para-hydroxylation sites is 1. The summed E-state index contributed by atoms with van der Waals surface area (Å²) in [7, 11) is 0. The number of halogens is 1. The molecule has 0 aliphatic heterocycles. The highest BCUT2D eigenvalue weighted by atomic mass is 35.5. The average Bonchev–Trinajstić information content (AvgIpc) is 2.63. The molecule has 6 nitrogen and oxygen atoms in total. The van der Waals surface area contributed by atoms with Gasteiger partial charge in [-0.15, -0.1) is 12.4 Å². The van der Waals surface area contributed by atoms with Crippen molar-refractivity contribution in [3.05, 3.63) is 78.1 Å². The molecule has 1 amide bonds. The van der Waals surface area contributed by atoms with E-state index in [-0.39, 0.29) is 24.3 Å². The normalized spacial score (nSPS) is 9.80. The molecule has 2 aromatic carbocycles. The van der Waals surface area contributed by atoms with Crippen molar-refractivity contribution in [1.29, 1.82) is 0 Å². The molecule has 0 saturated carbocycles. The lowest BCUT2D eigenvalue weighted by molar-refractivity contribution is 0.102. The maximum Gasteiger partial charge on any atom is 0.322 e. The third kappa shape index (κ3) is 5.00. The Bertz CT molecular complexity index is 843. The standard InChI is InChI=1S/C18H16N4O2.ClH/c19-12-15-9-10-20-18(22-15)24-16-8-4-5-13(11-16)17(23)21-14-6-2-1-3-7-14;/h1-11H,12,19H2,(H,21,23);1H. The highest BCUT2D eigenvalue weighted by molar-refractivity contribution is 6.04. The average molecular weight is 357 g/mol. The van der Waals surface area contributed by atoms with Crippen molar-refractivity contribution in [3.63, 3.8) is 0 Å². The van der Waals surface area contributed by atoms with Crippen LogP contribution in [0, 0.1) is 0 Å². The number of carbonyl (C=O) groups is 1. The van der Waals surface area contributed by atoms with Crippen LogP contribution in [-0.2, 0) is 6.54 Å². The Labute approximate surface area is 151 Å². The molecule has 128 valence electrons. The molecule has 1 heterocycles. The van der Waals surface area contributed by atoms with E-state index in [4.69, 9.17) is 10.5 Å². The zero-order chi connectivity index (χ0) is 16.8. The van der Waals surface area contributed by atoms with Gasteiger partial charge in [-0.1, -0.05) is 24.3 Å². The van der Waals surface area contributed by atoms with Crippen LogP contribution in [0.15, 0.2) is 66.9 Å². The topological polar surface area (TPSA) is 90.1 Å². The zero-order valence-electron chi connectivity index (χ0n) is 13.3. The minimum absolute atomic E-state index is 0. The number of amides is 1. The molecule has 0 atom stereocenters. The van der Waals surface area contributed by atoms with Crippen LogP contribution in [0.3, 0.4) is 0 Å². The molecule has 3 N–H and O–H groups in total. The first-order chi connectivity index (χ1) is 11.7. The summed E-state index contributed by atoms with van der Waals surface area (Å²) in [5, 5.41) is 2.83. The number of nitrogens with zero attached hydrogens (tertiary/aromatic N) is 2. The molecule has 0 saturated heterocycles. The Balaban J connectivity index is 0.00000225. The Morgan fingerprint density at radius 1 is 1.08 bits per heavy atom. The summed E-state index contributed by atoms with van der Waals surface area (Å²) in [6.45, 7) is 0.304. The van der Waals surface area contributed by atoms with Gasteiger partial charge in [0.25, 0.3) is 5.91 Å². The highest BCUT2D eigenvalue weighted by Crippen LogP contribution is 2.20. The number of anilines is 1. The molecule has 25 heavy (non-hydrogen) atoms. The van der Waals surface area contributed by atoms with Crippen molar-refractivity contribution in [2.24, 2.45) is 5.73 Å². The SMILES string of the molecule is Cl.NCc1ccnc(Oc2cccc(C(=O)Nc3ccccc3)c2)n1. The molecular weight excluding hydrogens is 340 g/mol. The van der Waals surface area contributed by atoms with Crippen molar-refractivity contribution in [3.8, 4) is 11.8 Å². The minimum atomic E-state index is -0.219. The highest BCUT2D eigenvalue weighted by Gasteiger charge is 2.08. The summed E-state index contributed by atoms with van der Waals surface area (Å²) in [5.74, 6) is 0.258. The van der Waals surface area contributed by atoms with Crippen LogP contribution in [0.2, 0.25) is 0 Å². The van der Waals surface area contributed by atoms with Crippen LogP contribution in [0.4, 0.5) is 5.69 Å². The van der Waals surface area contributed by atoms with Crippen molar-refractivity contribution < 1.29 is 9.53 Å². The third-order valence-electron chi connectivity index (χ3n) is 3.24. The second-order valence-corrected chi connectivity index (χ2v) is 4.98. The van der Waals surface area contributed by atoms with Gasteiger partial charge >= 0.3 is 6.01 Å². The number of benzene rings is 2. The van der Waals surface area contributed by atoms with Gasteiger partial charge in [-0.2, -0.15) is 4.98 Å². The quantitative estimate of drug-likeness (QED) is 0.731. The van der Waals surface area contributed by atoms with Crippen molar-refractivity contribution in [2.45, 2.75) is 6.54 Å². The van der Waals surface area contributed by atoms with E-state index in [0.717, 1.165) is 5.69 Å². The van der Waals surface area contributed by atoms with Crippen LogP contribution in [0.5, 0.6) is 11.8 Å². The molecule has 0 fully saturated rings. The lowest BCUT2D eigenvalue weighted by Crippen LogP contribution is -2.11. The van der Waals surface area contributed by atoms with E-state index in [0.29, 0.717) is 23.6 Å². The Morgan fingerprint density at radius 3 is 2.64 bits per heavy atom. The Morgan fingerprint density at radius 2 is 1.88 bits per heavy atom. The molecule has 0 bridgehead atoms. The van der Waals surface area contributed by atoms with Gasteiger partial charge in [0.2, 0.25) is 0 Å². The van der Waals surface area contributed by atoms with Crippen molar-refractivity contribution in [2.75, 3.05) is 5.32 Å². The summed E-state index contributed by atoms with van der Waals surface area (Å²) < 4.78 is 5.60. The first-order valence-electron chi connectivity index (χ1n) is 7.41. The third-order valence-corrected chi connectivity index (χ3v) is 3.24. The summed E-state index contributed by atoms with van der Waals surface area (Å²) in [5.41, 5.74) is 7.44. The summed E-state index contributed by atoms with van der Waals surface area (Å²) in [4.78, 5) is 20.5. The molecule has 1 aromatic heterocycles. The molecule has 3 rings (SSSR count). The van der Waals surface area contributed by atoms with E-state index < -0.39 is 0 Å². The van der Waals surface area contributed by atoms with E-state index in [2.05, 4.69) is 15.3 Å². The number of nitrogens with one attached hydrogen (secondary N) is 1. The lowest BCUT2D eigenvalue weighted by atomic mass is 10.2. The molecule has 0 radical (unpaired) electrons. The first kappa shape index (κ1) is 18.4. The van der Waals surface area contributed by atoms with Gasteiger partial charge in [0.1, 0.15) is 5.75 Å².